The fourth-order valence-electron chi connectivity index (χ4n) is 2.19. The van der Waals surface area contributed by atoms with E-state index in [0.29, 0.717) is 17.4 Å². The zero-order valence-electron chi connectivity index (χ0n) is 14.3. The molecule has 8 heteroatoms. The Hall–Kier alpha value is -2.45. The summed E-state index contributed by atoms with van der Waals surface area (Å²) in [6.45, 7) is 8.50. The zero-order valence-corrected chi connectivity index (χ0v) is 15.1. The van der Waals surface area contributed by atoms with E-state index in [4.69, 9.17) is 0 Å². The van der Waals surface area contributed by atoms with Gasteiger partial charge in [0.2, 0.25) is 16.0 Å². The van der Waals surface area contributed by atoms with Crippen molar-refractivity contribution < 1.29 is 13.2 Å². The van der Waals surface area contributed by atoms with E-state index in [9.17, 15) is 13.2 Å². The quantitative estimate of drug-likeness (QED) is 0.705. The van der Waals surface area contributed by atoms with Crippen LogP contribution in [-0.2, 0) is 16.6 Å². The zero-order chi connectivity index (χ0) is 18.4. The summed E-state index contributed by atoms with van der Waals surface area (Å²) in [5, 5.41) is 2.74. The molecule has 1 amide bonds. The van der Waals surface area contributed by atoms with Crippen LogP contribution in [0.3, 0.4) is 0 Å². The third kappa shape index (κ3) is 5.01. The number of aromatic nitrogens is 2. The Kier molecular flexibility index (Phi) is 6.11. The molecule has 0 spiro atoms. The summed E-state index contributed by atoms with van der Waals surface area (Å²) in [4.78, 5) is 16.6. The van der Waals surface area contributed by atoms with Gasteiger partial charge in [0.1, 0.15) is 0 Å². The summed E-state index contributed by atoms with van der Waals surface area (Å²) in [5.74, 6) is 0.527. The monoisotopic (exact) mass is 362 g/mol. The Morgan fingerprint density at radius 3 is 2.60 bits per heavy atom. The Labute approximate surface area is 147 Å². The van der Waals surface area contributed by atoms with Crippen LogP contribution < -0.4 is 10.0 Å². The molecular weight excluding hydrogens is 340 g/mol. The lowest BCUT2D eigenvalue weighted by molar-refractivity contribution is 0.102. The number of carbonyl (C=O) groups excluding carboxylic acids is 1. The molecule has 1 heterocycles. The summed E-state index contributed by atoms with van der Waals surface area (Å²) in [5.41, 5.74) is 0.349. The first kappa shape index (κ1) is 18.9. The molecule has 2 rings (SSSR count). The van der Waals surface area contributed by atoms with Gasteiger partial charge >= 0.3 is 0 Å². The number of anilines is 1. The Balaban J connectivity index is 2.11. The van der Waals surface area contributed by atoms with Crippen molar-refractivity contribution in [3.63, 3.8) is 0 Å². The van der Waals surface area contributed by atoms with E-state index in [1.807, 2.05) is 4.57 Å². The number of amides is 1. The topological polar surface area (TPSA) is 93.1 Å². The highest BCUT2D eigenvalue weighted by Crippen LogP contribution is 2.13. The number of nitrogens with one attached hydrogen (secondary N) is 2. The van der Waals surface area contributed by atoms with Gasteiger partial charge in [-0.15, -0.1) is 6.58 Å². The van der Waals surface area contributed by atoms with E-state index in [1.54, 1.807) is 12.4 Å². The lowest BCUT2D eigenvalue weighted by Gasteiger charge is -2.11. The molecule has 0 bridgehead atoms. The molecule has 0 radical (unpaired) electrons. The first-order valence-corrected chi connectivity index (χ1v) is 9.35. The highest BCUT2D eigenvalue weighted by molar-refractivity contribution is 7.89. The lowest BCUT2D eigenvalue weighted by atomic mass is 10.2. The smallest absolute Gasteiger partial charge is 0.257 e. The number of imidazole rings is 1. The van der Waals surface area contributed by atoms with Crippen LogP contribution in [0.4, 0.5) is 5.95 Å². The van der Waals surface area contributed by atoms with Gasteiger partial charge in [0.15, 0.2) is 0 Å². The van der Waals surface area contributed by atoms with Crippen molar-refractivity contribution in [1.82, 2.24) is 14.3 Å². The van der Waals surface area contributed by atoms with Crippen LogP contribution >= 0.6 is 0 Å². The van der Waals surface area contributed by atoms with Gasteiger partial charge in [0.25, 0.3) is 5.91 Å². The molecule has 0 saturated heterocycles. The second kappa shape index (κ2) is 8.09. The number of hydrogen-bond donors (Lipinski definition) is 2. The molecule has 0 atom stereocenters. The lowest BCUT2D eigenvalue weighted by Crippen LogP contribution is -2.23. The molecule has 0 unspecified atom stereocenters. The molecule has 1 aromatic heterocycles. The molecule has 0 aliphatic heterocycles. The summed E-state index contributed by atoms with van der Waals surface area (Å²) < 4.78 is 28.2. The Bertz CT molecular complexity index is 839. The standard InChI is InChI=1S/C17H22N4O3S/c1-4-9-19-25(23,24)15-7-5-14(6-8-15)16(22)20-17-18-10-11-21(17)12-13(2)3/h4-8,10-11,13,19H,1,9,12H2,2-3H3,(H,18,20,22). The minimum Gasteiger partial charge on any atom is -0.317 e. The minimum atomic E-state index is -3.60. The minimum absolute atomic E-state index is 0.0900. The van der Waals surface area contributed by atoms with Crippen molar-refractivity contribution >= 4 is 21.9 Å². The molecule has 2 N–H and O–H groups in total. The summed E-state index contributed by atoms with van der Waals surface area (Å²) in [6, 6.07) is 5.71. The maximum Gasteiger partial charge on any atom is 0.257 e. The van der Waals surface area contributed by atoms with Crippen LogP contribution in [0.5, 0.6) is 0 Å². The molecule has 0 aliphatic rings. The molecule has 0 aliphatic carbocycles. The van der Waals surface area contributed by atoms with Crippen molar-refractivity contribution in [3.05, 3.63) is 54.9 Å². The van der Waals surface area contributed by atoms with Crippen molar-refractivity contribution in [3.8, 4) is 0 Å². The van der Waals surface area contributed by atoms with Gasteiger partial charge in [-0.25, -0.2) is 18.1 Å². The highest BCUT2D eigenvalue weighted by Gasteiger charge is 2.15. The van der Waals surface area contributed by atoms with E-state index >= 15 is 0 Å². The average molecular weight is 362 g/mol. The second-order valence-corrected chi connectivity index (χ2v) is 7.68. The first-order valence-electron chi connectivity index (χ1n) is 7.86. The summed E-state index contributed by atoms with van der Waals surface area (Å²) in [7, 11) is -3.60. The van der Waals surface area contributed by atoms with Crippen LogP contribution in [0.2, 0.25) is 0 Å². The van der Waals surface area contributed by atoms with Crippen LogP contribution in [0.1, 0.15) is 24.2 Å². The van der Waals surface area contributed by atoms with Crippen LogP contribution in [-0.4, -0.2) is 30.4 Å². The van der Waals surface area contributed by atoms with Gasteiger partial charge in [-0.1, -0.05) is 19.9 Å². The number of sulfonamides is 1. The first-order chi connectivity index (χ1) is 11.8. The molecule has 134 valence electrons. The Morgan fingerprint density at radius 2 is 2.00 bits per heavy atom. The van der Waals surface area contributed by atoms with Gasteiger partial charge in [0.05, 0.1) is 4.90 Å². The van der Waals surface area contributed by atoms with E-state index in [0.717, 1.165) is 6.54 Å². The number of carbonyl (C=O) groups is 1. The fourth-order valence-corrected chi connectivity index (χ4v) is 3.18. The van der Waals surface area contributed by atoms with Crippen molar-refractivity contribution in [2.75, 3.05) is 11.9 Å². The van der Waals surface area contributed by atoms with Gasteiger partial charge < -0.3 is 4.57 Å². The molecule has 2 aromatic rings. The van der Waals surface area contributed by atoms with Crippen LogP contribution in [0.15, 0.2) is 54.2 Å². The number of nitrogens with zero attached hydrogens (tertiary/aromatic N) is 2. The average Bonchev–Trinajstić information content (AvgIpc) is 2.99. The van der Waals surface area contributed by atoms with Gasteiger partial charge in [-0.3, -0.25) is 10.1 Å². The molecule has 0 saturated carbocycles. The van der Waals surface area contributed by atoms with E-state index < -0.39 is 10.0 Å². The third-order valence-corrected chi connectivity index (χ3v) is 4.79. The molecule has 0 fully saturated rings. The van der Waals surface area contributed by atoms with Crippen molar-refractivity contribution in [1.29, 1.82) is 0 Å². The number of hydrogen-bond acceptors (Lipinski definition) is 4. The maximum atomic E-state index is 12.3. The maximum absolute atomic E-state index is 12.3. The number of benzene rings is 1. The predicted molar refractivity (Wildman–Crippen MR) is 96.8 cm³/mol. The van der Waals surface area contributed by atoms with E-state index in [-0.39, 0.29) is 17.3 Å². The van der Waals surface area contributed by atoms with E-state index in [1.165, 1.54) is 30.3 Å². The predicted octanol–water partition coefficient (Wildman–Crippen LogP) is 2.26. The number of rotatable bonds is 8. The molecule has 25 heavy (non-hydrogen) atoms. The van der Waals surface area contributed by atoms with Crippen LogP contribution in [0, 0.1) is 5.92 Å². The third-order valence-electron chi connectivity index (χ3n) is 3.35. The van der Waals surface area contributed by atoms with Gasteiger partial charge in [0, 0.05) is 31.0 Å². The van der Waals surface area contributed by atoms with E-state index in [2.05, 4.69) is 35.4 Å². The molecule has 7 nitrogen and oxygen atoms in total. The fraction of sp³-hybridized carbons (Fsp3) is 0.294. The largest absolute Gasteiger partial charge is 0.317 e. The van der Waals surface area contributed by atoms with Gasteiger partial charge in [-0.2, -0.15) is 0 Å². The highest BCUT2D eigenvalue weighted by atomic mass is 32.2. The van der Waals surface area contributed by atoms with Crippen molar-refractivity contribution in [2.24, 2.45) is 5.92 Å². The Morgan fingerprint density at radius 1 is 1.32 bits per heavy atom. The van der Waals surface area contributed by atoms with Gasteiger partial charge in [-0.05, 0) is 30.2 Å². The normalized spacial score (nSPS) is 11.5. The molecule has 1 aromatic carbocycles. The summed E-state index contributed by atoms with van der Waals surface area (Å²) >= 11 is 0. The summed E-state index contributed by atoms with van der Waals surface area (Å²) in [6.07, 6.45) is 4.88. The van der Waals surface area contributed by atoms with Crippen LogP contribution in [0.25, 0.3) is 0 Å². The SMILES string of the molecule is C=CCNS(=O)(=O)c1ccc(C(=O)Nc2nccn2CC(C)C)cc1. The molecular formula is C17H22N4O3S. The second-order valence-electron chi connectivity index (χ2n) is 5.92. The van der Waals surface area contributed by atoms with Crippen molar-refractivity contribution in [2.45, 2.75) is 25.3 Å².